The quantitative estimate of drug-likeness (QED) is 0.704. The fourth-order valence-corrected chi connectivity index (χ4v) is 1.66. The molecule has 0 bridgehead atoms. The van der Waals surface area contributed by atoms with Crippen LogP contribution in [-0.4, -0.2) is 28.9 Å². The van der Waals surface area contributed by atoms with Crippen molar-refractivity contribution in [3.8, 4) is 0 Å². The molecule has 1 aromatic rings. The van der Waals surface area contributed by atoms with Crippen LogP contribution in [0.5, 0.6) is 0 Å². The minimum Gasteiger partial charge on any atom is -0.480 e. The maximum Gasteiger partial charge on any atom is 0.326 e. The van der Waals surface area contributed by atoms with Crippen LogP contribution in [0.15, 0.2) is 21.4 Å². The number of hydrogen-bond donors (Lipinski definition) is 3. The first-order chi connectivity index (χ1) is 8.41. The zero-order chi connectivity index (χ0) is 13.7. The smallest absolute Gasteiger partial charge is 0.326 e. The Balaban J connectivity index is 2.67. The Labute approximate surface area is 110 Å². The molecule has 18 heavy (non-hydrogen) atoms. The minimum absolute atomic E-state index is 0.0636. The highest BCUT2D eigenvalue weighted by Crippen LogP contribution is 2.17. The Morgan fingerprint density at radius 3 is 2.61 bits per heavy atom. The van der Waals surface area contributed by atoms with E-state index in [0.29, 0.717) is 0 Å². The molecule has 0 aromatic carbocycles. The highest BCUT2D eigenvalue weighted by Gasteiger charge is 2.22. The highest BCUT2D eigenvalue weighted by atomic mass is 79.9. The van der Waals surface area contributed by atoms with Gasteiger partial charge in [-0.15, -0.1) is 0 Å². The van der Waals surface area contributed by atoms with Crippen LogP contribution in [0, 0.1) is 0 Å². The lowest BCUT2D eigenvalue weighted by Gasteiger charge is -2.12. The topological polar surface area (TPSA) is 123 Å². The van der Waals surface area contributed by atoms with Crippen molar-refractivity contribution in [1.29, 1.82) is 0 Å². The summed E-state index contributed by atoms with van der Waals surface area (Å²) in [6.45, 7) is 0. The van der Waals surface area contributed by atoms with Crippen molar-refractivity contribution in [2.75, 3.05) is 0 Å². The molecule has 0 unspecified atom stereocenters. The molecule has 1 heterocycles. The van der Waals surface area contributed by atoms with E-state index < -0.39 is 23.8 Å². The Hall–Kier alpha value is -1.83. The SMILES string of the molecule is NC(=O)CC[C@H](NC(=O)c1ccoc1Br)C(=O)O. The monoisotopic (exact) mass is 318 g/mol. The second-order valence-electron chi connectivity index (χ2n) is 3.48. The van der Waals surface area contributed by atoms with Crippen LogP contribution in [0.4, 0.5) is 0 Å². The summed E-state index contributed by atoms with van der Waals surface area (Å²) in [5, 5.41) is 11.2. The van der Waals surface area contributed by atoms with Crippen LogP contribution in [0.3, 0.4) is 0 Å². The van der Waals surface area contributed by atoms with Gasteiger partial charge in [0.1, 0.15) is 6.04 Å². The lowest BCUT2D eigenvalue weighted by atomic mass is 10.1. The van der Waals surface area contributed by atoms with E-state index in [-0.39, 0.29) is 23.1 Å². The summed E-state index contributed by atoms with van der Waals surface area (Å²) >= 11 is 3.01. The number of nitrogens with one attached hydrogen (secondary N) is 1. The predicted octanol–water partition coefficient (Wildman–Crippen LogP) is 0.491. The molecule has 0 aliphatic carbocycles. The molecule has 0 radical (unpaired) electrons. The van der Waals surface area contributed by atoms with Crippen molar-refractivity contribution in [3.63, 3.8) is 0 Å². The van der Waals surface area contributed by atoms with Gasteiger partial charge in [-0.25, -0.2) is 4.79 Å². The number of rotatable bonds is 6. The van der Waals surface area contributed by atoms with Crippen molar-refractivity contribution in [2.24, 2.45) is 5.73 Å². The van der Waals surface area contributed by atoms with E-state index >= 15 is 0 Å². The lowest BCUT2D eigenvalue weighted by Crippen LogP contribution is -2.41. The van der Waals surface area contributed by atoms with Gasteiger partial charge >= 0.3 is 5.97 Å². The summed E-state index contributed by atoms with van der Waals surface area (Å²) in [6, 6.07) is 0.221. The minimum atomic E-state index is -1.23. The van der Waals surface area contributed by atoms with E-state index in [4.69, 9.17) is 15.3 Å². The molecule has 2 amide bonds. The van der Waals surface area contributed by atoms with Gasteiger partial charge in [-0.1, -0.05) is 0 Å². The van der Waals surface area contributed by atoms with Crippen LogP contribution in [0.25, 0.3) is 0 Å². The number of carboxylic acid groups (broad SMARTS) is 1. The number of aliphatic carboxylic acids is 1. The summed E-state index contributed by atoms with van der Waals surface area (Å²) in [7, 11) is 0. The van der Waals surface area contributed by atoms with Gasteiger partial charge in [0.15, 0.2) is 4.67 Å². The molecule has 0 fully saturated rings. The normalized spacial score (nSPS) is 11.8. The fourth-order valence-electron chi connectivity index (χ4n) is 1.24. The summed E-state index contributed by atoms with van der Waals surface area (Å²) in [5.74, 6) is -2.46. The molecule has 0 saturated carbocycles. The second kappa shape index (κ2) is 6.20. The van der Waals surface area contributed by atoms with E-state index in [2.05, 4.69) is 21.2 Å². The van der Waals surface area contributed by atoms with Gasteiger partial charge in [0.25, 0.3) is 5.91 Å². The summed E-state index contributed by atoms with van der Waals surface area (Å²) in [4.78, 5) is 33.2. The average molecular weight is 319 g/mol. The van der Waals surface area contributed by atoms with E-state index in [1.807, 2.05) is 0 Å². The third kappa shape index (κ3) is 3.88. The van der Waals surface area contributed by atoms with Crippen molar-refractivity contribution >= 4 is 33.7 Å². The van der Waals surface area contributed by atoms with Gasteiger partial charge in [0.2, 0.25) is 5.91 Å². The molecule has 7 nitrogen and oxygen atoms in total. The number of carbonyl (C=O) groups excluding carboxylic acids is 2. The molecule has 0 saturated heterocycles. The maximum absolute atomic E-state index is 11.7. The number of amides is 2. The van der Waals surface area contributed by atoms with Crippen LogP contribution < -0.4 is 11.1 Å². The summed E-state index contributed by atoms with van der Waals surface area (Å²) < 4.78 is 5.07. The predicted molar refractivity (Wildman–Crippen MR) is 63.7 cm³/mol. The summed E-state index contributed by atoms with van der Waals surface area (Å²) in [5.41, 5.74) is 5.10. The zero-order valence-electron chi connectivity index (χ0n) is 9.18. The number of nitrogens with two attached hydrogens (primary N) is 1. The molecule has 0 aliphatic heterocycles. The van der Waals surface area contributed by atoms with Crippen molar-refractivity contribution in [1.82, 2.24) is 5.32 Å². The average Bonchev–Trinajstić information content (AvgIpc) is 2.69. The number of primary amides is 1. The van der Waals surface area contributed by atoms with Crippen LogP contribution in [-0.2, 0) is 9.59 Å². The van der Waals surface area contributed by atoms with E-state index in [9.17, 15) is 14.4 Å². The molecule has 4 N–H and O–H groups in total. The van der Waals surface area contributed by atoms with Crippen LogP contribution in [0.2, 0.25) is 0 Å². The molecule has 98 valence electrons. The third-order valence-electron chi connectivity index (χ3n) is 2.15. The van der Waals surface area contributed by atoms with Gasteiger partial charge < -0.3 is 20.6 Å². The molecule has 0 aliphatic rings. The van der Waals surface area contributed by atoms with Gasteiger partial charge in [0, 0.05) is 6.42 Å². The van der Waals surface area contributed by atoms with Crippen LogP contribution in [0.1, 0.15) is 23.2 Å². The molecule has 1 aromatic heterocycles. The molecule has 1 rings (SSSR count). The molecular weight excluding hydrogens is 308 g/mol. The lowest BCUT2D eigenvalue weighted by molar-refractivity contribution is -0.139. The Morgan fingerprint density at radius 2 is 2.17 bits per heavy atom. The van der Waals surface area contributed by atoms with Gasteiger partial charge in [0.05, 0.1) is 11.8 Å². The van der Waals surface area contributed by atoms with E-state index in [1.165, 1.54) is 12.3 Å². The third-order valence-corrected chi connectivity index (χ3v) is 2.76. The second-order valence-corrected chi connectivity index (χ2v) is 4.20. The van der Waals surface area contributed by atoms with Gasteiger partial charge in [-0.3, -0.25) is 9.59 Å². The largest absolute Gasteiger partial charge is 0.480 e. The standard InChI is InChI=1S/C10H11BrN2O5/c11-8-5(3-4-18-8)9(15)13-6(10(16)17)1-2-7(12)14/h3-4,6H,1-2H2,(H2,12,14)(H,13,15)(H,16,17)/t6-/m0/s1. The highest BCUT2D eigenvalue weighted by molar-refractivity contribution is 9.10. The first kappa shape index (κ1) is 14.2. The Bertz CT molecular complexity index is 471. The first-order valence-electron chi connectivity index (χ1n) is 4.96. The number of carbonyl (C=O) groups is 3. The van der Waals surface area contributed by atoms with E-state index in [1.54, 1.807) is 0 Å². The Kier molecular flexibility index (Phi) is 4.90. The van der Waals surface area contributed by atoms with Crippen molar-refractivity contribution < 1.29 is 23.9 Å². The van der Waals surface area contributed by atoms with Crippen LogP contribution >= 0.6 is 15.9 Å². The summed E-state index contributed by atoms with van der Waals surface area (Å²) in [6.07, 6.45) is 1.11. The zero-order valence-corrected chi connectivity index (χ0v) is 10.8. The fraction of sp³-hybridized carbons (Fsp3) is 0.300. The van der Waals surface area contributed by atoms with E-state index in [0.717, 1.165) is 0 Å². The maximum atomic E-state index is 11.7. The number of hydrogen-bond acceptors (Lipinski definition) is 4. The van der Waals surface area contributed by atoms with Crippen molar-refractivity contribution in [2.45, 2.75) is 18.9 Å². The Morgan fingerprint density at radius 1 is 1.50 bits per heavy atom. The van der Waals surface area contributed by atoms with Gasteiger partial charge in [-0.05, 0) is 28.4 Å². The van der Waals surface area contributed by atoms with Crippen molar-refractivity contribution in [3.05, 3.63) is 22.6 Å². The number of halogens is 1. The molecule has 0 spiro atoms. The first-order valence-corrected chi connectivity index (χ1v) is 5.76. The number of carboxylic acids is 1. The molecule has 1 atom stereocenters. The molecule has 8 heteroatoms. The molecular formula is C10H11BrN2O5. The van der Waals surface area contributed by atoms with Gasteiger partial charge in [-0.2, -0.15) is 0 Å². The number of furan rings is 1.